The minimum absolute atomic E-state index is 0.0493. The van der Waals surface area contributed by atoms with E-state index in [-0.39, 0.29) is 12.5 Å². The van der Waals surface area contributed by atoms with E-state index in [0.29, 0.717) is 18.3 Å². The van der Waals surface area contributed by atoms with E-state index >= 15 is 0 Å². The molecule has 1 fully saturated rings. The Balaban J connectivity index is 1.41. The molecule has 6 nitrogen and oxygen atoms in total. The van der Waals surface area contributed by atoms with Gasteiger partial charge in [0.15, 0.2) is 12.6 Å². The molecule has 0 atom stereocenters. The van der Waals surface area contributed by atoms with Crippen LogP contribution in [0.2, 0.25) is 0 Å². The fourth-order valence-corrected chi connectivity index (χ4v) is 2.82. The van der Waals surface area contributed by atoms with Gasteiger partial charge in [0.25, 0.3) is 5.91 Å². The number of aliphatic imine (C=N–C) groups is 1. The van der Waals surface area contributed by atoms with Crippen LogP contribution in [-0.2, 0) is 17.8 Å². The van der Waals surface area contributed by atoms with Crippen molar-refractivity contribution in [2.24, 2.45) is 4.99 Å². The van der Waals surface area contributed by atoms with Crippen LogP contribution in [-0.4, -0.2) is 50.1 Å². The summed E-state index contributed by atoms with van der Waals surface area (Å²) in [5, 5.41) is 6.32. The molecule has 0 saturated heterocycles. The molecule has 0 bridgehead atoms. The third-order valence-corrected chi connectivity index (χ3v) is 4.61. The summed E-state index contributed by atoms with van der Waals surface area (Å²) in [6.45, 7) is 1.51. The first kappa shape index (κ1) is 20.7. The highest BCUT2D eigenvalue weighted by Crippen LogP contribution is 2.18. The maximum atomic E-state index is 11.7. The minimum atomic E-state index is -0.0493. The molecule has 0 unspecified atom stereocenters. The van der Waals surface area contributed by atoms with Crippen LogP contribution in [0.1, 0.15) is 24.0 Å². The predicted molar refractivity (Wildman–Crippen MR) is 116 cm³/mol. The Hall–Kier alpha value is -3.02. The SMILES string of the molecule is CN(C)C(=NCc1ccccc1)NCCc1ccc(OCC(=O)NC2CC2)cc1. The molecule has 3 rings (SSSR count). The summed E-state index contributed by atoms with van der Waals surface area (Å²) in [5.74, 6) is 1.54. The number of rotatable bonds is 9. The van der Waals surface area contributed by atoms with Gasteiger partial charge in [-0.05, 0) is 42.5 Å². The zero-order chi connectivity index (χ0) is 20.5. The van der Waals surface area contributed by atoms with Crippen LogP contribution >= 0.6 is 0 Å². The van der Waals surface area contributed by atoms with Gasteiger partial charge < -0.3 is 20.3 Å². The van der Waals surface area contributed by atoms with E-state index in [9.17, 15) is 4.79 Å². The summed E-state index contributed by atoms with van der Waals surface area (Å²) in [6, 6.07) is 18.5. The zero-order valence-electron chi connectivity index (χ0n) is 17.2. The number of nitrogens with one attached hydrogen (secondary N) is 2. The van der Waals surface area contributed by atoms with Crippen LogP contribution in [0, 0.1) is 0 Å². The van der Waals surface area contributed by atoms with Gasteiger partial charge in [-0.3, -0.25) is 4.79 Å². The third-order valence-electron chi connectivity index (χ3n) is 4.61. The number of hydrogen-bond donors (Lipinski definition) is 2. The molecule has 0 aromatic heterocycles. The summed E-state index contributed by atoms with van der Waals surface area (Å²) in [7, 11) is 3.98. The molecule has 29 heavy (non-hydrogen) atoms. The number of hydrogen-bond acceptors (Lipinski definition) is 3. The summed E-state index contributed by atoms with van der Waals surface area (Å²) < 4.78 is 5.55. The minimum Gasteiger partial charge on any atom is -0.484 e. The summed E-state index contributed by atoms with van der Waals surface area (Å²) in [5.41, 5.74) is 2.39. The van der Waals surface area contributed by atoms with E-state index < -0.39 is 0 Å². The average molecular weight is 395 g/mol. The standard InChI is InChI=1S/C23H30N4O2/c1-27(2)23(25-16-19-6-4-3-5-7-19)24-15-14-18-8-12-21(13-9-18)29-17-22(28)26-20-10-11-20/h3-9,12-13,20H,10-11,14-17H2,1-2H3,(H,24,25)(H,26,28). The Morgan fingerprint density at radius 2 is 1.79 bits per heavy atom. The number of amides is 1. The molecule has 2 aromatic carbocycles. The second kappa shape index (κ2) is 10.5. The maximum Gasteiger partial charge on any atom is 0.258 e. The van der Waals surface area contributed by atoms with E-state index in [1.807, 2.05) is 61.5 Å². The fraction of sp³-hybridized carbons (Fsp3) is 0.391. The normalized spacial score (nSPS) is 13.7. The largest absolute Gasteiger partial charge is 0.484 e. The van der Waals surface area contributed by atoms with Crippen molar-refractivity contribution >= 4 is 11.9 Å². The van der Waals surface area contributed by atoms with Crippen LogP contribution in [0.25, 0.3) is 0 Å². The lowest BCUT2D eigenvalue weighted by atomic mass is 10.1. The van der Waals surface area contributed by atoms with Crippen molar-refractivity contribution in [1.82, 2.24) is 15.5 Å². The molecule has 1 amide bonds. The monoisotopic (exact) mass is 394 g/mol. The summed E-state index contributed by atoms with van der Waals surface area (Å²) in [6.07, 6.45) is 3.04. The van der Waals surface area contributed by atoms with Crippen LogP contribution < -0.4 is 15.4 Å². The second-order valence-corrected chi connectivity index (χ2v) is 7.47. The molecule has 0 radical (unpaired) electrons. The number of benzene rings is 2. The molecule has 0 heterocycles. The van der Waals surface area contributed by atoms with Crippen molar-refractivity contribution in [3.8, 4) is 5.75 Å². The fourth-order valence-electron chi connectivity index (χ4n) is 2.82. The van der Waals surface area contributed by atoms with E-state index in [2.05, 4.69) is 27.8 Å². The van der Waals surface area contributed by atoms with Crippen LogP contribution in [0.5, 0.6) is 5.75 Å². The van der Waals surface area contributed by atoms with Crippen molar-refractivity contribution in [1.29, 1.82) is 0 Å². The molecule has 2 aromatic rings. The third kappa shape index (κ3) is 7.49. The Morgan fingerprint density at radius 3 is 2.45 bits per heavy atom. The molecule has 1 saturated carbocycles. The predicted octanol–water partition coefficient (Wildman–Crippen LogP) is 2.59. The molecule has 1 aliphatic carbocycles. The van der Waals surface area contributed by atoms with E-state index in [1.165, 1.54) is 11.1 Å². The van der Waals surface area contributed by atoms with Crippen LogP contribution in [0.15, 0.2) is 59.6 Å². The highest BCUT2D eigenvalue weighted by atomic mass is 16.5. The van der Waals surface area contributed by atoms with Crippen molar-refractivity contribution in [3.05, 3.63) is 65.7 Å². The molecule has 6 heteroatoms. The van der Waals surface area contributed by atoms with Gasteiger partial charge in [0.05, 0.1) is 6.54 Å². The molecule has 1 aliphatic rings. The Bertz CT molecular complexity index is 799. The van der Waals surface area contributed by atoms with Gasteiger partial charge in [-0.25, -0.2) is 4.99 Å². The van der Waals surface area contributed by atoms with Gasteiger partial charge in [0, 0.05) is 26.7 Å². The average Bonchev–Trinajstić information content (AvgIpc) is 3.54. The number of carbonyl (C=O) groups excluding carboxylic acids is 1. The molecule has 0 aliphatic heterocycles. The quantitative estimate of drug-likeness (QED) is 0.507. The highest BCUT2D eigenvalue weighted by Gasteiger charge is 2.23. The number of guanidine groups is 1. The lowest BCUT2D eigenvalue weighted by Crippen LogP contribution is -2.37. The zero-order valence-corrected chi connectivity index (χ0v) is 17.2. The molecule has 2 N–H and O–H groups in total. The van der Waals surface area contributed by atoms with Crippen molar-refractivity contribution in [2.75, 3.05) is 27.2 Å². The molecular weight excluding hydrogens is 364 g/mol. The summed E-state index contributed by atoms with van der Waals surface area (Å²) in [4.78, 5) is 18.3. The molecular formula is C23H30N4O2. The topological polar surface area (TPSA) is 66.0 Å². The van der Waals surface area contributed by atoms with Gasteiger partial charge in [0.1, 0.15) is 5.75 Å². The Labute approximate surface area is 173 Å². The van der Waals surface area contributed by atoms with Gasteiger partial charge >= 0.3 is 0 Å². The maximum absolute atomic E-state index is 11.7. The number of ether oxygens (including phenoxy) is 1. The molecule has 0 spiro atoms. The van der Waals surface area contributed by atoms with Gasteiger partial charge in [-0.15, -0.1) is 0 Å². The lowest BCUT2D eigenvalue weighted by molar-refractivity contribution is -0.123. The van der Waals surface area contributed by atoms with Crippen LogP contribution in [0.3, 0.4) is 0 Å². The first-order chi connectivity index (χ1) is 14.1. The van der Waals surface area contributed by atoms with E-state index in [0.717, 1.165) is 31.8 Å². The second-order valence-electron chi connectivity index (χ2n) is 7.47. The van der Waals surface area contributed by atoms with E-state index in [4.69, 9.17) is 4.74 Å². The molecule has 154 valence electrons. The Kier molecular flexibility index (Phi) is 7.50. The Morgan fingerprint density at radius 1 is 1.07 bits per heavy atom. The first-order valence-electron chi connectivity index (χ1n) is 10.1. The lowest BCUT2D eigenvalue weighted by Gasteiger charge is -2.17. The van der Waals surface area contributed by atoms with Gasteiger partial charge in [0.2, 0.25) is 0 Å². The smallest absolute Gasteiger partial charge is 0.258 e. The number of nitrogens with zero attached hydrogens (tertiary/aromatic N) is 2. The first-order valence-corrected chi connectivity index (χ1v) is 10.1. The van der Waals surface area contributed by atoms with Gasteiger partial charge in [-0.1, -0.05) is 42.5 Å². The van der Waals surface area contributed by atoms with Crippen LogP contribution in [0.4, 0.5) is 0 Å². The highest BCUT2D eigenvalue weighted by molar-refractivity contribution is 5.79. The number of carbonyl (C=O) groups is 1. The van der Waals surface area contributed by atoms with Crippen molar-refractivity contribution < 1.29 is 9.53 Å². The van der Waals surface area contributed by atoms with Gasteiger partial charge in [-0.2, -0.15) is 0 Å². The summed E-state index contributed by atoms with van der Waals surface area (Å²) >= 11 is 0. The van der Waals surface area contributed by atoms with E-state index in [1.54, 1.807) is 0 Å². The van der Waals surface area contributed by atoms with Crippen molar-refractivity contribution in [2.45, 2.75) is 31.8 Å². The van der Waals surface area contributed by atoms with Crippen molar-refractivity contribution in [3.63, 3.8) is 0 Å².